The lowest BCUT2D eigenvalue weighted by Gasteiger charge is -2.39. The Morgan fingerprint density at radius 2 is 2.12 bits per heavy atom. The van der Waals surface area contributed by atoms with Crippen molar-refractivity contribution in [3.8, 4) is 0 Å². The highest BCUT2D eigenvalue weighted by Crippen LogP contribution is 2.33. The molecule has 0 aliphatic carbocycles. The van der Waals surface area contributed by atoms with Crippen LogP contribution in [0.25, 0.3) is 10.2 Å². The number of halogens is 1. The Hall–Kier alpha value is -2.69. The van der Waals surface area contributed by atoms with Gasteiger partial charge >= 0.3 is 5.97 Å². The topological polar surface area (TPSA) is 123 Å². The van der Waals surface area contributed by atoms with Crippen LogP contribution < -0.4 is 15.5 Å². The Balaban J connectivity index is 1.50. The number of aromatic amines is 1. The summed E-state index contributed by atoms with van der Waals surface area (Å²) in [4.78, 5) is 38.2. The van der Waals surface area contributed by atoms with Gasteiger partial charge in [0.25, 0.3) is 5.91 Å². The summed E-state index contributed by atoms with van der Waals surface area (Å²) in [5, 5.41) is 17.1. The van der Waals surface area contributed by atoms with Crippen LogP contribution in [0, 0.1) is 0 Å². The number of likely N-dealkylation sites (N-methyl/N-ethyl adjacent to an activating group) is 1. The molecule has 1 aromatic carbocycles. The smallest absolute Gasteiger partial charge is 0.337 e. The number of rotatable bonds is 7. The van der Waals surface area contributed by atoms with Crippen LogP contribution in [-0.2, 0) is 6.42 Å². The number of aromatic nitrogens is 3. The first kappa shape index (κ1) is 22.5. The van der Waals surface area contributed by atoms with Gasteiger partial charge in [0.1, 0.15) is 0 Å². The quantitative estimate of drug-likeness (QED) is 0.413. The SMILES string of the molecule is CCNC1CN(c2nc3cccc(C(=O)O)c3s2)CCC1NC(=O)c1nc(Cl)c(CC)[nH]1. The summed E-state index contributed by atoms with van der Waals surface area (Å²) < 4.78 is 0.673. The number of imidazole rings is 1. The van der Waals surface area contributed by atoms with Crippen molar-refractivity contribution in [2.24, 2.45) is 0 Å². The number of carboxylic acids is 1. The van der Waals surface area contributed by atoms with Crippen molar-refractivity contribution < 1.29 is 14.7 Å². The predicted molar refractivity (Wildman–Crippen MR) is 125 cm³/mol. The van der Waals surface area contributed by atoms with Gasteiger partial charge in [-0.2, -0.15) is 0 Å². The van der Waals surface area contributed by atoms with Crippen LogP contribution in [0.4, 0.5) is 5.13 Å². The van der Waals surface area contributed by atoms with E-state index in [-0.39, 0.29) is 29.4 Å². The lowest BCUT2D eigenvalue weighted by atomic mass is 9.99. The standard InChI is InChI=1S/C21H25ClN6O3S/c1-3-12-17(22)27-18(24-12)19(29)25-13-8-9-28(10-15(13)23-4-2)21-26-14-7-5-6-11(20(30)31)16(14)32-21/h5-7,13,15,23H,3-4,8-10H2,1-2H3,(H,24,27)(H,25,29)(H,30,31). The molecule has 1 aliphatic rings. The number of aromatic carboxylic acids is 1. The van der Waals surface area contributed by atoms with Gasteiger partial charge < -0.3 is 25.6 Å². The number of H-pyrrole nitrogens is 1. The van der Waals surface area contributed by atoms with Gasteiger partial charge in [0.05, 0.1) is 21.5 Å². The first-order valence-corrected chi connectivity index (χ1v) is 11.8. The third kappa shape index (κ3) is 4.43. The largest absolute Gasteiger partial charge is 0.478 e. The third-order valence-electron chi connectivity index (χ3n) is 5.60. The van der Waals surface area contributed by atoms with Crippen LogP contribution in [0.1, 0.15) is 46.9 Å². The average molecular weight is 477 g/mol. The molecule has 11 heteroatoms. The van der Waals surface area contributed by atoms with E-state index in [1.54, 1.807) is 12.1 Å². The molecular formula is C21H25ClN6O3S. The van der Waals surface area contributed by atoms with Crippen molar-refractivity contribution in [3.63, 3.8) is 0 Å². The number of aryl methyl sites for hydroxylation is 1. The zero-order valence-electron chi connectivity index (χ0n) is 17.8. The Labute approximate surface area is 194 Å². The van der Waals surface area contributed by atoms with E-state index in [4.69, 9.17) is 11.6 Å². The number of hydrogen-bond acceptors (Lipinski definition) is 7. The van der Waals surface area contributed by atoms with Crippen LogP contribution in [0.15, 0.2) is 18.2 Å². The molecule has 4 rings (SSSR count). The molecule has 0 saturated carbocycles. The maximum atomic E-state index is 12.7. The number of benzene rings is 1. The molecule has 1 fully saturated rings. The second-order valence-electron chi connectivity index (χ2n) is 7.64. The molecule has 170 valence electrons. The normalized spacial score (nSPS) is 18.8. The van der Waals surface area contributed by atoms with Crippen molar-refractivity contribution in [2.45, 2.75) is 38.8 Å². The summed E-state index contributed by atoms with van der Waals surface area (Å²) >= 11 is 7.46. The lowest BCUT2D eigenvalue weighted by molar-refractivity contribution is 0.0699. The molecule has 1 aliphatic heterocycles. The lowest BCUT2D eigenvalue weighted by Crippen LogP contribution is -2.59. The Morgan fingerprint density at radius 1 is 1.31 bits per heavy atom. The van der Waals surface area contributed by atoms with Crippen molar-refractivity contribution >= 4 is 50.2 Å². The van der Waals surface area contributed by atoms with E-state index in [9.17, 15) is 14.7 Å². The molecule has 1 amide bonds. The maximum absolute atomic E-state index is 12.7. The zero-order chi connectivity index (χ0) is 22.8. The monoisotopic (exact) mass is 476 g/mol. The summed E-state index contributed by atoms with van der Waals surface area (Å²) in [5.41, 5.74) is 1.69. The number of carboxylic acid groups (broad SMARTS) is 1. The number of nitrogens with zero attached hydrogens (tertiary/aromatic N) is 3. The van der Waals surface area contributed by atoms with Crippen molar-refractivity contribution in [2.75, 3.05) is 24.5 Å². The number of hydrogen-bond donors (Lipinski definition) is 4. The average Bonchev–Trinajstić information content (AvgIpc) is 3.38. The first-order valence-electron chi connectivity index (χ1n) is 10.6. The summed E-state index contributed by atoms with van der Waals surface area (Å²) in [5.74, 6) is -1.02. The number of carbonyl (C=O) groups excluding carboxylic acids is 1. The zero-order valence-corrected chi connectivity index (χ0v) is 19.4. The predicted octanol–water partition coefficient (Wildman–Crippen LogP) is 2.92. The van der Waals surface area contributed by atoms with E-state index in [1.165, 1.54) is 11.3 Å². The molecule has 0 bridgehead atoms. The minimum Gasteiger partial charge on any atom is -0.478 e. The molecule has 1 saturated heterocycles. The van der Waals surface area contributed by atoms with Gasteiger partial charge in [-0.3, -0.25) is 4.79 Å². The van der Waals surface area contributed by atoms with Crippen LogP contribution in [0.2, 0.25) is 5.15 Å². The highest BCUT2D eigenvalue weighted by atomic mass is 35.5. The molecule has 32 heavy (non-hydrogen) atoms. The van der Waals surface area contributed by atoms with Gasteiger partial charge in [-0.05, 0) is 31.5 Å². The Bertz CT molecular complexity index is 1150. The Kier molecular flexibility index (Phi) is 6.63. The van der Waals surface area contributed by atoms with Crippen LogP contribution in [0.3, 0.4) is 0 Å². The summed E-state index contributed by atoms with van der Waals surface area (Å²) in [6.07, 6.45) is 1.38. The molecule has 0 spiro atoms. The molecule has 3 heterocycles. The van der Waals surface area contributed by atoms with Crippen molar-refractivity contribution in [1.82, 2.24) is 25.6 Å². The molecule has 2 aromatic heterocycles. The van der Waals surface area contributed by atoms with Crippen LogP contribution >= 0.6 is 22.9 Å². The minimum absolute atomic E-state index is 0.000244. The van der Waals surface area contributed by atoms with E-state index in [1.807, 2.05) is 19.9 Å². The van der Waals surface area contributed by atoms with E-state index < -0.39 is 5.97 Å². The van der Waals surface area contributed by atoms with E-state index in [2.05, 4.69) is 30.5 Å². The van der Waals surface area contributed by atoms with Gasteiger partial charge in [0, 0.05) is 25.2 Å². The summed E-state index contributed by atoms with van der Waals surface area (Å²) in [7, 11) is 0. The van der Waals surface area contributed by atoms with E-state index >= 15 is 0 Å². The number of nitrogens with one attached hydrogen (secondary N) is 3. The molecule has 2 atom stereocenters. The highest BCUT2D eigenvalue weighted by Gasteiger charge is 2.32. The Morgan fingerprint density at radius 3 is 2.81 bits per heavy atom. The fourth-order valence-electron chi connectivity index (χ4n) is 3.98. The van der Waals surface area contributed by atoms with Gasteiger partial charge in [-0.1, -0.05) is 42.9 Å². The number of thiazole rings is 1. The first-order chi connectivity index (χ1) is 15.4. The number of anilines is 1. The molecule has 9 nitrogen and oxygen atoms in total. The molecule has 3 aromatic rings. The molecular weight excluding hydrogens is 452 g/mol. The molecule has 2 unspecified atom stereocenters. The van der Waals surface area contributed by atoms with Crippen LogP contribution in [0.5, 0.6) is 0 Å². The third-order valence-corrected chi connectivity index (χ3v) is 7.08. The van der Waals surface area contributed by atoms with Gasteiger partial charge in [-0.15, -0.1) is 0 Å². The minimum atomic E-state index is -0.956. The van der Waals surface area contributed by atoms with E-state index in [0.717, 1.165) is 17.4 Å². The second-order valence-corrected chi connectivity index (χ2v) is 8.98. The number of piperidine rings is 1. The van der Waals surface area contributed by atoms with Gasteiger partial charge in [0.2, 0.25) is 0 Å². The van der Waals surface area contributed by atoms with E-state index in [0.29, 0.717) is 41.3 Å². The maximum Gasteiger partial charge on any atom is 0.337 e. The fraction of sp³-hybridized carbons (Fsp3) is 0.429. The molecule has 4 N–H and O–H groups in total. The second kappa shape index (κ2) is 9.43. The fourth-order valence-corrected chi connectivity index (χ4v) is 5.35. The summed E-state index contributed by atoms with van der Waals surface area (Å²) in [6, 6.07) is 5.05. The molecule has 0 radical (unpaired) electrons. The summed E-state index contributed by atoms with van der Waals surface area (Å²) in [6.45, 7) is 6.04. The van der Waals surface area contributed by atoms with Gasteiger partial charge in [0.15, 0.2) is 16.1 Å². The number of amides is 1. The number of fused-ring (bicyclic) bond motifs is 1. The van der Waals surface area contributed by atoms with Gasteiger partial charge in [-0.25, -0.2) is 14.8 Å². The van der Waals surface area contributed by atoms with Crippen molar-refractivity contribution in [3.05, 3.63) is 40.4 Å². The number of carbonyl (C=O) groups is 2. The van der Waals surface area contributed by atoms with Crippen LogP contribution in [-0.4, -0.2) is 63.7 Å². The van der Waals surface area contributed by atoms with Crippen molar-refractivity contribution in [1.29, 1.82) is 0 Å². The highest BCUT2D eigenvalue weighted by molar-refractivity contribution is 7.22.